The normalized spacial score (nSPS) is 36.1. The Bertz CT molecular complexity index is 333. The quantitative estimate of drug-likeness (QED) is 0.556. The molecule has 2 fully saturated rings. The standard InChI is InChI=1S/C13H21O2S/c1-13(2)8-5-6-9(13)12(15)11(8)10(14)7-16(3)4/h8-9,11H,5-7H2,1-4H3/q+1. The van der Waals surface area contributed by atoms with Crippen LogP contribution in [0.15, 0.2) is 0 Å². The van der Waals surface area contributed by atoms with Crippen molar-refractivity contribution in [2.75, 3.05) is 18.3 Å². The van der Waals surface area contributed by atoms with Crippen molar-refractivity contribution in [1.82, 2.24) is 0 Å². The molecule has 2 rings (SSSR count). The van der Waals surface area contributed by atoms with Gasteiger partial charge in [-0.05, 0) is 35.1 Å². The molecule has 0 aliphatic heterocycles. The van der Waals surface area contributed by atoms with E-state index in [4.69, 9.17) is 0 Å². The molecule has 3 atom stereocenters. The van der Waals surface area contributed by atoms with Gasteiger partial charge in [-0.3, -0.25) is 9.59 Å². The molecule has 0 aromatic heterocycles. The molecule has 3 unspecified atom stereocenters. The van der Waals surface area contributed by atoms with Crippen LogP contribution >= 0.6 is 0 Å². The number of fused-ring (bicyclic) bond motifs is 2. The lowest BCUT2D eigenvalue weighted by Gasteiger charge is -2.24. The van der Waals surface area contributed by atoms with Crippen LogP contribution in [0, 0.1) is 23.2 Å². The maximum Gasteiger partial charge on any atom is 0.192 e. The molecule has 0 radical (unpaired) electrons. The van der Waals surface area contributed by atoms with E-state index in [2.05, 4.69) is 26.4 Å². The van der Waals surface area contributed by atoms with Crippen LogP contribution in [0.5, 0.6) is 0 Å². The monoisotopic (exact) mass is 241 g/mol. The molecule has 2 saturated carbocycles. The summed E-state index contributed by atoms with van der Waals surface area (Å²) in [4.78, 5) is 24.3. The van der Waals surface area contributed by atoms with Crippen molar-refractivity contribution < 1.29 is 9.59 Å². The lowest BCUT2D eigenvalue weighted by Crippen LogP contribution is -2.33. The van der Waals surface area contributed by atoms with Gasteiger partial charge in [-0.25, -0.2) is 0 Å². The van der Waals surface area contributed by atoms with E-state index < -0.39 is 0 Å². The van der Waals surface area contributed by atoms with Crippen LogP contribution < -0.4 is 0 Å². The van der Waals surface area contributed by atoms with Gasteiger partial charge in [0.05, 0.1) is 18.4 Å². The number of carbonyl (C=O) groups is 2. The molecule has 0 spiro atoms. The minimum absolute atomic E-state index is 0.0670. The van der Waals surface area contributed by atoms with E-state index in [1.54, 1.807) is 0 Å². The third-order valence-corrected chi connectivity index (χ3v) is 5.31. The van der Waals surface area contributed by atoms with E-state index in [0.29, 0.717) is 11.7 Å². The summed E-state index contributed by atoms with van der Waals surface area (Å²) in [6.07, 6.45) is 6.21. The summed E-state index contributed by atoms with van der Waals surface area (Å²) in [6, 6.07) is 0. The Labute approximate surface area is 101 Å². The van der Waals surface area contributed by atoms with Crippen molar-refractivity contribution in [1.29, 1.82) is 0 Å². The van der Waals surface area contributed by atoms with Crippen molar-refractivity contribution in [2.24, 2.45) is 23.2 Å². The highest BCUT2D eigenvalue weighted by atomic mass is 32.2. The Hall–Kier alpha value is -0.310. The molecule has 0 aromatic carbocycles. The van der Waals surface area contributed by atoms with E-state index in [1.165, 1.54) is 0 Å². The highest BCUT2D eigenvalue weighted by Crippen LogP contribution is 2.58. The van der Waals surface area contributed by atoms with Crippen LogP contribution in [0.1, 0.15) is 26.7 Å². The molecule has 0 amide bonds. The van der Waals surface area contributed by atoms with Gasteiger partial charge in [0, 0.05) is 5.92 Å². The van der Waals surface area contributed by atoms with Gasteiger partial charge < -0.3 is 0 Å². The molecular formula is C13H21O2S+. The molecule has 16 heavy (non-hydrogen) atoms. The van der Waals surface area contributed by atoms with Gasteiger partial charge in [0.25, 0.3) is 0 Å². The first-order chi connectivity index (χ1) is 7.35. The SMILES string of the molecule is C[S+](C)CC(=O)C1C(=O)C2CCC1C2(C)C. The minimum atomic E-state index is -0.261. The van der Waals surface area contributed by atoms with Crippen LogP contribution in [0.3, 0.4) is 0 Å². The van der Waals surface area contributed by atoms with Gasteiger partial charge in [-0.1, -0.05) is 13.8 Å². The number of hydrogen-bond acceptors (Lipinski definition) is 2. The van der Waals surface area contributed by atoms with E-state index in [1.807, 2.05) is 0 Å². The predicted octanol–water partition coefficient (Wildman–Crippen LogP) is 1.68. The Morgan fingerprint density at radius 3 is 2.44 bits per heavy atom. The average Bonchev–Trinajstić information content (AvgIpc) is 2.51. The summed E-state index contributed by atoms with van der Waals surface area (Å²) in [5.74, 6) is 1.26. The lowest BCUT2D eigenvalue weighted by molar-refractivity contribution is -0.133. The molecule has 2 bridgehead atoms. The first-order valence-corrected chi connectivity index (χ1v) is 8.17. The molecule has 0 aromatic rings. The van der Waals surface area contributed by atoms with Crippen LogP contribution in [-0.2, 0) is 20.5 Å². The van der Waals surface area contributed by atoms with E-state index in [9.17, 15) is 9.59 Å². The zero-order valence-electron chi connectivity index (χ0n) is 10.6. The summed E-state index contributed by atoms with van der Waals surface area (Å²) in [7, 11) is 0.115. The Kier molecular flexibility index (Phi) is 2.94. The van der Waals surface area contributed by atoms with Gasteiger partial charge in [0.2, 0.25) is 0 Å². The van der Waals surface area contributed by atoms with Crippen molar-refractivity contribution in [3.63, 3.8) is 0 Å². The smallest absolute Gasteiger partial charge is 0.192 e. The summed E-state index contributed by atoms with van der Waals surface area (Å²) in [6.45, 7) is 4.33. The molecule has 0 saturated heterocycles. The van der Waals surface area contributed by atoms with Gasteiger partial charge in [-0.2, -0.15) is 0 Å². The zero-order valence-corrected chi connectivity index (χ0v) is 11.4. The van der Waals surface area contributed by atoms with Crippen molar-refractivity contribution in [3.8, 4) is 0 Å². The lowest BCUT2D eigenvalue weighted by atomic mass is 9.79. The number of hydrogen-bond donors (Lipinski definition) is 0. The van der Waals surface area contributed by atoms with Crippen molar-refractivity contribution >= 4 is 22.5 Å². The molecule has 3 heteroatoms. The fourth-order valence-electron chi connectivity index (χ4n) is 3.63. The van der Waals surface area contributed by atoms with Crippen molar-refractivity contribution in [3.05, 3.63) is 0 Å². The number of Topliss-reactive ketones (excluding diaryl/α,β-unsaturated/α-hetero) is 2. The maximum absolute atomic E-state index is 12.2. The number of carbonyl (C=O) groups excluding carboxylic acids is 2. The van der Waals surface area contributed by atoms with Gasteiger partial charge >= 0.3 is 0 Å². The zero-order chi connectivity index (χ0) is 12.1. The van der Waals surface area contributed by atoms with Gasteiger partial charge in [0.1, 0.15) is 5.78 Å². The largest absolute Gasteiger partial charge is 0.299 e. The molecule has 2 nitrogen and oxygen atoms in total. The minimum Gasteiger partial charge on any atom is -0.299 e. The number of ketones is 2. The second kappa shape index (κ2) is 3.86. The fraction of sp³-hybridized carbons (Fsp3) is 0.846. The molecule has 2 aliphatic carbocycles. The van der Waals surface area contributed by atoms with E-state index >= 15 is 0 Å². The highest BCUT2D eigenvalue weighted by Gasteiger charge is 2.61. The average molecular weight is 241 g/mol. The number of rotatable bonds is 3. The topological polar surface area (TPSA) is 34.1 Å². The summed E-state index contributed by atoms with van der Waals surface area (Å²) < 4.78 is 0. The third-order valence-electron chi connectivity index (χ3n) is 4.45. The van der Waals surface area contributed by atoms with Crippen molar-refractivity contribution in [2.45, 2.75) is 26.7 Å². The molecule has 0 heterocycles. The highest BCUT2D eigenvalue weighted by molar-refractivity contribution is 7.96. The van der Waals surface area contributed by atoms with Gasteiger partial charge in [0.15, 0.2) is 11.5 Å². The van der Waals surface area contributed by atoms with E-state index in [-0.39, 0.29) is 39.7 Å². The summed E-state index contributed by atoms with van der Waals surface area (Å²) >= 11 is 0. The molecule has 90 valence electrons. The van der Waals surface area contributed by atoms with Crippen LogP contribution in [0.4, 0.5) is 0 Å². The van der Waals surface area contributed by atoms with Crippen LogP contribution in [-0.4, -0.2) is 29.8 Å². The third kappa shape index (κ3) is 1.64. The molecule has 0 N–H and O–H groups in total. The Morgan fingerprint density at radius 1 is 1.38 bits per heavy atom. The predicted molar refractivity (Wildman–Crippen MR) is 67.6 cm³/mol. The maximum atomic E-state index is 12.2. The fourth-order valence-corrected chi connectivity index (χ4v) is 4.37. The summed E-state index contributed by atoms with van der Waals surface area (Å²) in [5.41, 5.74) is 0.0670. The Morgan fingerprint density at radius 2 is 2.00 bits per heavy atom. The van der Waals surface area contributed by atoms with Gasteiger partial charge in [-0.15, -0.1) is 0 Å². The van der Waals surface area contributed by atoms with Crippen LogP contribution in [0.25, 0.3) is 0 Å². The van der Waals surface area contributed by atoms with E-state index in [0.717, 1.165) is 12.8 Å². The molecular weight excluding hydrogens is 220 g/mol. The molecule has 2 aliphatic rings. The summed E-state index contributed by atoms with van der Waals surface area (Å²) in [5, 5.41) is 0. The second-order valence-corrected chi connectivity index (χ2v) is 8.29. The Balaban J connectivity index is 2.19. The first-order valence-electron chi connectivity index (χ1n) is 5.96. The first kappa shape index (κ1) is 12.2. The van der Waals surface area contributed by atoms with Crippen LogP contribution in [0.2, 0.25) is 0 Å². The second-order valence-electron chi connectivity index (χ2n) is 6.03.